The van der Waals surface area contributed by atoms with Gasteiger partial charge in [0, 0.05) is 0 Å². The van der Waals surface area contributed by atoms with E-state index in [1.807, 2.05) is 32.1 Å². The Bertz CT molecular complexity index is 280. The first kappa shape index (κ1) is 8.78. The third-order valence-corrected chi connectivity index (χ3v) is 1.68. The molecule has 0 atom stereocenters. The third kappa shape index (κ3) is 1.84. The van der Waals surface area contributed by atoms with Crippen LogP contribution in [0.3, 0.4) is 0 Å². The summed E-state index contributed by atoms with van der Waals surface area (Å²) in [6.07, 6.45) is 7.46. The van der Waals surface area contributed by atoms with Gasteiger partial charge in [-0.1, -0.05) is 18.7 Å². The lowest BCUT2D eigenvalue weighted by molar-refractivity contribution is 0.660. The van der Waals surface area contributed by atoms with Crippen LogP contribution in [0.15, 0.2) is 41.6 Å². The van der Waals surface area contributed by atoms with Crippen molar-refractivity contribution in [1.29, 1.82) is 0 Å². The van der Waals surface area contributed by atoms with Gasteiger partial charge in [-0.3, -0.25) is 4.99 Å². The Balaban J connectivity index is 3.11. The molecule has 0 aliphatic carbocycles. The maximum absolute atomic E-state index is 5.72. The Hall–Kier alpha value is -1.31. The van der Waals surface area contributed by atoms with E-state index in [1.54, 1.807) is 6.08 Å². The van der Waals surface area contributed by atoms with Crippen LogP contribution in [0.4, 0.5) is 0 Å². The molecule has 0 saturated carbocycles. The second-order valence-electron chi connectivity index (χ2n) is 3.34. The largest absolute Gasteiger partial charge is 0.397 e. The topological polar surface area (TPSA) is 38.4 Å². The molecule has 1 heterocycles. The van der Waals surface area contributed by atoms with E-state index < -0.39 is 0 Å². The highest BCUT2D eigenvalue weighted by molar-refractivity contribution is 6.08. The molecule has 1 aliphatic heterocycles. The summed E-state index contributed by atoms with van der Waals surface area (Å²) in [5, 5.41) is 0. The molecule has 2 heteroatoms. The van der Waals surface area contributed by atoms with Crippen LogP contribution < -0.4 is 5.73 Å². The fraction of sp³-hybridized carbons (Fsp3) is 0.300. The molecule has 0 amide bonds. The van der Waals surface area contributed by atoms with Crippen molar-refractivity contribution in [3.05, 3.63) is 36.6 Å². The van der Waals surface area contributed by atoms with E-state index in [-0.39, 0.29) is 5.54 Å². The highest BCUT2D eigenvalue weighted by Crippen LogP contribution is 2.15. The standard InChI is InChI=1S/C10H14N2/c1-4-9-8(11)6-5-7-10(2,3)12-9/h4-7H,1,11H2,2-3H3. The summed E-state index contributed by atoms with van der Waals surface area (Å²) in [4.78, 5) is 4.43. The number of nitrogens with two attached hydrogens (primary N) is 1. The van der Waals surface area contributed by atoms with Crippen LogP contribution in [0.5, 0.6) is 0 Å². The first-order valence-electron chi connectivity index (χ1n) is 3.93. The molecule has 0 spiro atoms. The number of allylic oxidation sites excluding steroid dienone is 3. The molecule has 0 fully saturated rings. The van der Waals surface area contributed by atoms with Gasteiger partial charge in [0.15, 0.2) is 0 Å². The van der Waals surface area contributed by atoms with Crippen molar-refractivity contribution in [3.8, 4) is 0 Å². The van der Waals surface area contributed by atoms with Gasteiger partial charge in [-0.15, -0.1) is 0 Å². The Labute approximate surface area is 73.2 Å². The van der Waals surface area contributed by atoms with E-state index in [2.05, 4.69) is 11.6 Å². The van der Waals surface area contributed by atoms with Crippen molar-refractivity contribution in [2.45, 2.75) is 19.4 Å². The highest BCUT2D eigenvalue weighted by atomic mass is 14.9. The van der Waals surface area contributed by atoms with Crippen molar-refractivity contribution in [1.82, 2.24) is 0 Å². The van der Waals surface area contributed by atoms with Crippen LogP contribution in [0.2, 0.25) is 0 Å². The fourth-order valence-electron chi connectivity index (χ4n) is 1.05. The predicted octanol–water partition coefficient (Wildman–Crippen LogP) is 1.80. The maximum Gasteiger partial charge on any atom is 0.0808 e. The molecule has 0 aromatic heterocycles. The second kappa shape index (κ2) is 2.97. The molecule has 2 N–H and O–H groups in total. The monoisotopic (exact) mass is 162 g/mol. The predicted molar refractivity (Wildman–Crippen MR) is 53.1 cm³/mol. The molecule has 0 bridgehead atoms. The summed E-state index contributed by atoms with van der Waals surface area (Å²) in [7, 11) is 0. The lowest BCUT2D eigenvalue weighted by atomic mass is 10.1. The molecule has 0 unspecified atom stereocenters. The van der Waals surface area contributed by atoms with Crippen LogP contribution in [-0.4, -0.2) is 11.3 Å². The summed E-state index contributed by atoms with van der Waals surface area (Å²) in [5.41, 5.74) is 6.98. The summed E-state index contributed by atoms with van der Waals surface area (Å²) >= 11 is 0. The van der Waals surface area contributed by atoms with Gasteiger partial charge < -0.3 is 5.73 Å². The molecule has 1 rings (SSSR count). The van der Waals surface area contributed by atoms with E-state index in [1.165, 1.54) is 0 Å². The molecule has 0 aromatic carbocycles. The quantitative estimate of drug-likeness (QED) is 0.627. The van der Waals surface area contributed by atoms with E-state index >= 15 is 0 Å². The van der Waals surface area contributed by atoms with Gasteiger partial charge in [-0.05, 0) is 26.0 Å². The van der Waals surface area contributed by atoms with Gasteiger partial charge in [0.05, 0.1) is 16.9 Å². The zero-order chi connectivity index (χ0) is 9.19. The number of rotatable bonds is 1. The molecule has 64 valence electrons. The SMILES string of the molecule is C=CC1=NC(C)(C)C=CC=C1N. The van der Waals surface area contributed by atoms with Gasteiger partial charge >= 0.3 is 0 Å². The van der Waals surface area contributed by atoms with E-state index in [0.29, 0.717) is 5.70 Å². The Morgan fingerprint density at radius 2 is 2.25 bits per heavy atom. The third-order valence-electron chi connectivity index (χ3n) is 1.68. The Morgan fingerprint density at radius 1 is 1.58 bits per heavy atom. The minimum absolute atomic E-state index is 0.179. The van der Waals surface area contributed by atoms with E-state index in [4.69, 9.17) is 5.73 Å². The van der Waals surface area contributed by atoms with Crippen LogP contribution in [0.25, 0.3) is 0 Å². The average molecular weight is 162 g/mol. The molecule has 0 saturated heterocycles. The normalized spacial score (nSPS) is 20.8. The van der Waals surface area contributed by atoms with Crippen molar-refractivity contribution in [3.63, 3.8) is 0 Å². The van der Waals surface area contributed by atoms with Crippen molar-refractivity contribution < 1.29 is 0 Å². The van der Waals surface area contributed by atoms with Crippen LogP contribution in [0.1, 0.15) is 13.8 Å². The zero-order valence-electron chi connectivity index (χ0n) is 7.54. The summed E-state index contributed by atoms with van der Waals surface area (Å²) < 4.78 is 0. The van der Waals surface area contributed by atoms with Gasteiger partial charge in [-0.25, -0.2) is 0 Å². The van der Waals surface area contributed by atoms with E-state index in [9.17, 15) is 0 Å². The molecule has 0 radical (unpaired) electrons. The van der Waals surface area contributed by atoms with Crippen molar-refractivity contribution >= 4 is 5.71 Å². The Morgan fingerprint density at radius 3 is 2.83 bits per heavy atom. The van der Waals surface area contributed by atoms with E-state index in [0.717, 1.165) is 5.71 Å². The summed E-state index contributed by atoms with van der Waals surface area (Å²) in [6.45, 7) is 7.72. The minimum Gasteiger partial charge on any atom is -0.397 e. The van der Waals surface area contributed by atoms with Crippen molar-refractivity contribution in [2.24, 2.45) is 10.7 Å². The first-order valence-corrected chi connectivity index (χ1v) is 3.93. The van der Waals surface area contributed by atoms with Crippen LogP contribution in [0, 0.1) is 0 Å². The van der Waals surface area contributed by atoms with Crippen molar-refractivity contribution in [2.75, 3.05) is 0 Å². The van der Waals surface area contributed by atoms with Gasteiger partial charge in [0.25, 0.3) is 0 Å². The maximum atomic E-state index is 5.72. The number of aliphatic imine (C=N–C) groups is 1. The number of hydrogen-bond donors (Lipinski definition) is 1. The lowest BCUT2D eigenvalue weighted by Gasteiger charge is -2.14. The minimum atomic E-state index is -0.179. The summed E-state index contributed by atoms with van der Waals surface area (Å²) in [5.74, 6) is 0. The highest BCUT2D eigenvalue weighted by Gasteiger charge is 2.14. The van der Waals surface area contributed by atoms with Crippen LogP contribution >= 0.6 is 0 Å². The molecular weight excluding hydrogens is 148 g/mol. The van der Waals surface area contributed by atoms with Gasteiger partial charge in [0.1, 0.15) is 0 Å². The summed E-state index contributed by atoms with van der Waals surface area (Å²) in [6, 6.07) is 0. The Kier molecular flexibility index (Phi) is 2.18. The van der Waals surface area contributed by atoms with Gasteiger partial charge in [-0.2, -0.15) is 0 Å². The number of hydrogen-bond acceptors (Lipinski definition) is 2. The molecular formula is C10H14N2. The number of nitrogens with zero attached hydrogens (tertiary/aromatic N) is 1. The second-order valence-corrected chi connectivity index (χ2v) is 3.34. The van der Waals surface area contributed by atoms with Gasteiger partial charge in [0.2, 0.25) is 0 Å². The smallest absolute Gasteiger partial charge is 0.0808 e. The average Bonchev–Trinajstić information content (AvgIpc) is 2.10. The zero-order valence-corrected chi connectivity index (χ0v) is 7.54. The molecule has 1 aliphatic rings. The molecule has 0 aromatic rings. The molecule has 12 heavy (non-hydrogen) atoms. The molecule has 2 nitrogen and oxygen atoms in total. The van der Waals surface area contributed by atoms with Crippen LogP contribution in [-0.2, 0) is 0 Å². The fourth-order valence-corrected chi connectivity index (χ4v) is 1.05. The first-order chi connectivity index (χ1) is 5.55. The lowest BCUT2D eigenvalue weighted by Crippen LogP contribution is -2.17.